The van der Waals surface area contributed by atoms with Gasteiger partial charge in [0.2, 0.25) is 5.91 Å². The Kier molecular flexibility index (Phi) is 37.3. The molecule has 0 heterocycles. The number of nitrogens with one attached hydrogen (secondary N) is 1. The predicted octanol–water partition coefficient (Wildman–Crippen LogP) is 12.6. The fourth-order valence-corrected chi connectivity index (χ4v) is 5.30. The number of carbonyl (C=O) groups is 3. The second-order valence-electron chi connectivity index (χ2n) is 13.1. The smallest absolute Gasteiger partial charge is 0.322 e. The van der Waals surface area contributed by atoms with Gasteiger partial charge in [-0.15, -0.1) is 0 Å². The summed E-state index contributed by atoms with van der Waals surface area (Å²) in [4.78, 5) is 35.0. The van der Waals surface area contributed by atoms with Crippen LogP contribution in [0.25, 0.3) is 0 Å². The Morgan fingerprint density at radius 3 is 1.46 bits per heavy atom. The lowest BCUT2D eigenvalue weighted by Gasteiger charge is -2.14. The zero-order valence-electron chi connectivity index (χ0n) is 32.9. The van der Waals surface area contributed by atoms with E-state index in [4.69, 9.17) is 9.84 Å². The molecule has 0 rings (SSSR count). The van der Waals surface area contributed by atoms with Crippen molar-refractivity contribution < 1.29 is 24.2 Å². The van der Waals surface area contributed by atoms with Crippen LogP contribution in [-0.4, -0.2) is 35.6 Å². The molecule has 0 aromatic heterocycles. The van der Waals surface area contributed by atoms with E-state index in [2.05, 4.69) is 110 Å². The van der Waals surface area contributed by atoms with Gasteiger partial charge >= 0.3 is 11.9 Å². The number of carboxylic acid groups (broad SMARTS) is 1. The average molecular weight is 720 g/mol. The SMILES string of the molecule is CC/C=C\C/C=C\C/C=C\C/C=C\CCCCCCCCCCC(=O)OC(/C=C\C/C=C\C/C=C\C/C=C\CC)CCCCCC(=O)NCC(=O)O. The molecule has 0 aliphatic carbocycles. The van der Waals surface area contributed by atoms with E-state index in [0.717, 1.165) is 89.9 Å². The van der Waals surface area contributed by atoms with Crippen molar-refractivity contribution in [3.05, 3.63) is 97.2 Å². The Morgan fingerprint density at radius 2 is 0.942 bits per heavy atom. The number of esters is 1. The van der Waals surface area contributed by atoms with Crippen molar-refractivity contribution in [2.75, 3.05) is 6.54 Å². The number of carbonyl (C=O) groups excluding carboxylic acids is 2. The minimum absolute atomic E-state index is 0.142. The Bertz CT molecular complexity index is 1110. The molecule has 0 aliphatic rings. The van der Waals surface area contributed by atoms with E-state index in [1.54, 1.807) is 0 Å². The van der Waals surface area contributed by atoms with E-state index < -0.39 is 5.97 Å². The fraction of sp³-hybridized carbons (Fsp3) is 0.587. The average Bonchev–Trinajstić information content (AvgIpc) is 3.13. The summed E-state index contributed by atoms with van der Waals surface area (Å²) in [6.07, 6.45) is 56.8. The number of hydrogen-bond acceptors (Lipinski definition) is 4. The normalized spacial score (nSPS) is 13.1. The number of allylic oxidation sites excluding steroid dienone is 15. The van der Waals surface area contributed by atoms with Crippen LogP contribution in [-0.2, 0) is 19.1 Å². The highest BCUT2D eigenvalue weighted by atomic mass is 16.5. The Hall–Kier alpha value is -3.67. The van der Waals surface area contributed by atoms with Crippen LogP contribution in [0.5, 0.6) is 0 Å². The first kappa shape index (κ1) is 48.3. The summed E-state index contributed by atoms with van der Waals surface area (Å²) in [6, 6.07) is 0. The summed E-state index contributed by atoms with van der Waals surface area (Å²) in [7, 11) is 0. The molecule has 52 heavy (non-hydrogen) atoms. The van der Waals surface area contributed by atoms with Gasteiger partial charge in [0.25, 0.3) is 0 Å². The number of hydrogen-bond donors (Lipinski definition) is 2. The second-order valence-corrected chi connectivity index (χ2v) is 13.1. The molecule has 0 saturated carbocycles. The van der Waals surface area contributed by atoms with E-state index in [-0.39, 0.29) is 24.5 Å². The van der Waals surface area contributed by atoms with E-state index >= 15 is 0 Å². The van der Waals surface area contributed by atoms with E-state index in [9.17, 15) is 14.4 Å². The molecule has 1 amide bonds. The van der Waals surface area contributed by atoms with Crippen molar-refractivity contribution in [2.45, 2.75) is 168 Å². The van der Waals surface area contributed by atoms with Gasteiger partial charge in [-0.25, -0.2) is 0 Å². The van der Waals surface area contributed by atoms with Crippen LogP contribution in [0.3, 0.4) is 0 Å². The maximum Gasteiger partial charge on any atom is 0.322 e. The number of amides is 1. The molecule has 0 aromatic rings. The third-order valence-corrected chi connectivity index (χ3v) is 8.24. The van der Waals surface area contributed by atoms with Crippen LogP contribution < -0.4 is 5.32 Å². The molecular formula is C46H73NO5. The van der Waals surface area contributed by atoms with Crippen LogP contribution in [0.4, 0.5) is 0 Å². The first-order valence-corrected chi connectivity index (χ1v) is 20.4. The minimum atomic E-state index is -1.05. The molecule has 2 N–H and O–H groups in total. The minimum Gasteiger partial charge on any atom is -0.480 e. The third-order valence-electron chi connectivity index (χ3n) is 8.24. The van der Waals surface area contributed by atoms with E-state index in [1.165, 1.54) is 32.1 Å². The van der Waals surface area contributed by atoms with E-state index in [1.807, 2.05) is 6.08 Å². The third kappa shape index (κ3) is 39.1. The van der Waals surface area contributed by atoms with E-state index in [0.29, 0.717) is 25.7 Å². The lowest BCUT2D eigenvalue weighted by atomic mass is 10.1. The van der Waals surface area contributed by atoms with Crippen molar-refractivity contribution in [1.29, 1.82) is 0 Å². The molecule has 6 heteroatoms. The standard InChI is InChI=1S/C46H73NO5/c1-3-5-7-9-11-13-15-16-17-18-19-20-21-22-23-24-26-28-30-32-37-41-46(51)52-43(39-35-33-36-40-44(48)47-42-45(49)50)38-34-31-29-27-25-14-12-10-8-6-4-2/h5-8,11-14,16-17,19-20,27,29,34,38,43H,3-4,9-10,15,18,21-26,28,30-33,35-37,39-42H2,1-2H3,(H,47,48)(H,49,50)/b7-5-,8-6-,13-11-,14-12-,17-16-,20-19-,29-27-,38-34-. The van der Waals surface area contributed by atoms with Gasteiger partial charge < -0.3 is 15.2 Å². The van der Waals surface area contributed by atoms with Gasteiger partial charge in [-0.05, 0) is 96.0 Å². The molecule has 0 bridgehead atoms. The first-order valence-electron chi connectivity index (χ1n) is 20.4. The summed E-state index contributed by atoms with van der Waals surface area (Å²) < 4.78 is 5.85. The molecule has 6 nitrogen and oxygen atoms in total. The van der Waals surface area contributed by atoms with Gasteiger partial charge in [-0.3, -0.25) is 14.4 Å². The van der Waals surface area contributed by atoms with Crippen LogP contribution in [0.1, 0.15) is 162 Å². The summed E-state index contributed by atoms with van der Waals surface area (Å²) in [6.45, 7) is 3.94. The lowest BCUT2D eigenvalue weighted by Crippen LogP contribution is -2.28. The van der Waals surface area contributed by atoms with Crippen LogP contribution >= 0.6 is 0 Å². The monoisotopic (exact) mass is 720 g/mol. The summed E-state index contributed by atoms with van der Waals surface area (Å²) in [5.41, 5.74) is 0. The maximum absolute atomic E-state index is 12.7. The van der Waals surface area contributed by atoms with Gasteiger partial charge in [-0.2, -0.15) is 0 Å². The number of carboxylic acids is 1. The topological polar surface area (TPSA) is 92.7 Å². The molecule has 1 unspecified atom stereocenters. The second kappa shape index (κ2) is 40.1. The molecule has 0 saturated heterocycles. The quantitative estimate of drug-likeness (QED) is 0.0386. The van der Waals surface area contributed by atoms with Crippen LogP contribution in [0, 0.1) is 0 Å². The molecule has 1 atom stereocenters. The highest BCUT2D eigenvalue weighted by Gasteiger charge is 2.12. The molecule has 0 spiro atoms. The Morgan fingerprint density at radius 1 is 0.519 bits per heavy atom. The highest BCUT2D eigenvalue weighted by molar-refractivity contribution is 5.80. The fourth-order valence-electron chi connectivity index (χ4n) is 5.30. The van der Waals surface area contributed by atoms with Crippen molar-refractivity contribution >= 4 is 17.8 Å². The largest absolute Gasteiger partial charge is 0.480 e. The zero-order chi connectivity index (χ0) is 38.0. The van der Waals surface area contributed by atoms with Crippen molar-refractivity contribution in [1.82, 2.24) is 5.32 Å². The number of rotatable bonds is 35. The molecule has 0 aromatic carbocycles. The zero-order valence-corrected chi connectivity index (χ0v) is 32.9. The van der Waals surface area contributed by atoms with Crippen LogP contribution in [0.15, 0.2) is 97.2 Å². The van der Waals surface area contributed by atoms with Crippen molar-refractivity contribution in [2.24, 2.45) is 0 Å². The summed E-state index contributed by atoms with van der Waals surface area (Å²) in [5, 5.41) is 11.1. The first-order chi connectivity index (χ1) is 25.5. The summed E-state index contributed by atoms with van der Waals surface area (Å²) in [5.74, 6) is -1.44. The van der Waals surface area contributed by atoms with Gasteiger partial charge in [0.05, 0.1) is 0 Å². The molecular weight excluding hydrogens is 647 g/mol. The Labute approximate surface area is 318 Å². The maximum atomic E-state index is 12.7. The number of ether oxygens (including phenoxy) is 1. The van der Waals surface area contributed by atoms with Gasteiger partial charge in [0.15, 0.2) is 0 Å². The van der Waals surface area contributed by atoms with Crippen molar-refractivity contribution in [3.8, 4) is 0 Å². The van der Waals surface area contributed by atoms with Gasteiger partial charge in [-0.1, -0.05) is 150 Å². The number of aliphatic carboxylic acids is 1. The van der Waals surface area contributed by atoms with Crippen LogP contribution in [0.2, 0.25) is 0 Å². The molecule has 0 fully saturated rings. The number of unbranched alkanes of at least 4 members (excludes halogenated alkanes) is 10. The summed E-state index contributed by atoms with van der Waals surface area (Å²) >= 11 is 0. The molecule has 0 radical (unpaired) electrons. The van der Waals surface area contributed by atoms with Crippen molar-refractivity contribution in [3.63, 3.8) is 0 Å². The highest BCUT2D eigenvalue weighted by Crippen LogP contribution is 2.14. The molecule has 292 valence electrons. The predicted molar refractivity (Wildman–Crippen MR) is 221 cm³/mol. The molecule has 0 aliphatic heterocycles. The lowest BCUT2D eigenvalue weighted by molar-refractivity contribution is -0.147. The Balaban J connectivity index is 4.21. The van der Waals surface area contributed by atoms with Gasteiger partial charge in [0, 0.05) is 12.8 Å². The van der Waals surface area contributed by atoms with Gasteiger partial charge in [0.1, 0.15) is 12.6 Å².